The molecule has 1 heterocycles. The fraction of sp³-hybridized carbons (Fsp3) is 0.625. The van der Waals surface area contributed by atoms with Gasteiger partial charge in [-0.25, -0.2) is 9.78 Å². The smallest absolute Gasteiger partial charge is 0.408 e. The molecule has 1 aliphatic carbocycles. The lowest BCUT2D eigenvalue weighted by Crippen LogP contribution is -2.34. The van der Waals surface area contributed by atoms with E-state index in [0.717, 1.165) is 25.0 Å². The third-order valence-electron chi connectivity index (χ3n) is 3.51. The zero-order valence-corrected chi connectivity index (χ0v) is 13.3. The molecule has 1 N–H and O–H groups in total. The first-order valence-corrected chi connectivity index (χ1v) is 7.53. The Morgan fingerprint density at radius 1 is 1.48 bits per heavy atom. The van der Waals surface area contributed by atoms with Crippen molar-refractivity contribution in [2.45, 2.75) is 64.6 Å². The molecule has 1 unspecified atom stereocenters. The van der Waals surface area contributed by atoms with E-state index >= 15 is 0 Å². The molecule has 21 heavy (non-hydrogen) atoms. The molecular weight excluding hydrogens is 266 g/mol. The molecule has 5 heteroatoms. The van der Waals surface area contributed by atoms with Gasteiger partial charge in [0.15, 0.2) is 0 Å². The van der Waals surface area contributed by atoms with Gasteiger partial charge in [-0.2, -0.15) is 0 Å². The Bertz CT molecular complexity index is 514. The highest BCUT2D eigenvalue weighted by atomic mass is 16.6. The van der Waals surface area contributed by atoms with Gasteiger partial charge in [-0.1, -0.05) is 12.2 Å². The molecule has 5 nitrogen and oxygen atoms in total. The number of nitrogens with one attached hydrogen (secondary N) is 1. The predicted octanol–water partition coefficient (Wildman–Crippen LogP) is 3.75. The number of carbonyl (C=O) groups excluding carboxylic acids is 1. The lowest BCUT2D eigenvalue weighted by Gasteiger charge is -2.25. The van der Waals surface area contributed by atoms with Gasteiger partial charge in [0.05, 0.1) is 24.3 Å². The Labute approximate surface area is 126 Å². The maximum atomic E-state index is 11.9. The van der Waals surface area contributed by atoms with Crippen molar-refractivity contribution in [3.63, 3.8) is 0 Å². The number of amides is 1. The summed E-state index contributed by atoms with van der Waals surface area (Å²) in [6.45, 7) is 7.53. The van der Waals surface area contributed by atoms with E-state index in [0.29, 0.717) is 6.04 Å². The number of aromatic nitrogens is 2. The van der Waals surface area contributed by atoms with Gasteiger partial charge in [-0.05, 0) is 47.0 Å². The Hall–Kier alpha value is -1.78. The molecule has 0 aliphatic heterocycles. The van der Waals surface area contributed by atoms with E-state index in [1.807, 2.05) is 40.2 Å². The monoisotopic (exact) mass is 291 g/mol. The molecule has 2 rings (SSSR count). The van der Waals surface area contributed by atoms with Crippen LogP contribution in [-0.2, 0) is 4.74 Å². The van der Waals surface area contributed by atoms with Crippen molar-refractivity contribution in [1.29, 1.82) is 0 Å². The first kappa shape index (κ1) is 15.6. The van der Waals surface area contributed by atoms with E-state index in [-0.39, 0.29) is 6.04 Å². The van der Waals surface area contributed by atoms with Gasteiger partial charge in [0.1, 0.15) is 5.60 Å². The summed E-state index contributed by atoms with van der Waals surface area (Å²) in [5, 5.41) is 2.88. The number of carbonyl (C=O) groups is 1. The fourth-order valence-corrected chi connectivity index (χ4v) is 2.54. The number of ether oxygens (including phenoxy) is 1. The second-order valence-corrected chi connectivity index (χ2v) is 6.53. The molecule has 0 spiro atoms. The Kier molecular flexibility index (Phi) is 4.70. The lowest BCUT2D eigenvalue weighted by atomic mass is 10.0. The highest BCUT2D eigenvalue weighted by Crippen LogP contribution is 2.27. The minimum Gasteiger partial charge on any atom is -0.444 e. The van der Waals surface area contributed by atoms with Crippen LogP contribution in [0.5, 0.6) is 0 Å². The van der Waals surface area contributed by atoms with Crippen LogP contribution in [0.2, 0.25) is 0 Å². The van der Waals surface area contributed by atoms with Crippen LogP contribution < -0.4 is 5.32 Å². The quantitative estimate of drug-likeness (QED) is 0.863. The van der Waals surface area contributed by atoms with Crippen molar-refractivity contribution >= 4 is 6.09 Å². The molecule has 0 radical (unpaired) electrons. The third kappa shape index (κ3) is 4.34. The van der Waals surface area contributed by atoms with Crippen molar-refractivity contribution in [3.05, 3.63) is 30.4 Å². The highest BCUT2D eigenvalue weighted by Gasteiger charge is 2.22. The summed E-state index contributed by atoms with van der Waals surface area (Å²) in [6.07, 6.45) is 10.9. The topological polar surface area (TPSA) is 56.1 Å². The van der Waals surface area contributed by atoms with Crippen LogP contribution in [0.4, 0.5) is 4.79 Å². The van der Waals surface area contributed by atoms with Gasteiger partial charge in [-0.15, -0.1) is 0 Å². The second kappa shape index (κ2) is 6.33. The van der Waals surface area contributed by atoms with Gasteiger partial charge in [0.2, 0.25) is 0 Å². The summed E-state index contributed by atoms with van der Waals surface area (Å²) >= 11 is 0. The van der Waals surface area contributed by atoms with E-state index in [4.69, 9.17) is 4.74 Å². The summed E-state index contributed by atoms with van der Waals surface area (Å²) in [4.78, 5) is 16.1. The van der Waals surface area contributed by atoms with Crippen LogP contribution in [-0.4, -0.2) is 21.2 Å². The third-order valence-corrected chi connectivity index (χ3v) is 3.51. The molecule has 0 bridgehead atoms. The zero-order valence-electron chi connectivity index (χ0n) is 13.3. The number of hydrogen-bond acceptors (Lipinski definition) is 3. The minimum atomic E-state index is -0.488. The van der Waals surface area contributed by atoms with E-state index in [1.165, 1.54) is 0 Å². The van der Waals surface area contributed by atoms with Crippen LogP contribution in [0, 0.1) is 0 Å². The van der Waals surface area contributed by atoms with E-state index in [2.05, 4.69) is 27.0 Å². The average molecular weight is 291 g/mol. The Morgan fingerprint density at radius 2 is 2.24 bits per heavy atom. The molecule has 1 aliphatic rings. The van der Waals surface area contributed by atoms with Gasteiger partial charge >= 0.3 is 6.09 Å². The van der Waals surface area contributed by atoms with E-state index in [9.17, 15) is 4.79 Å². The van der Waals surface area contributed by atoms with E-state index < -0.39 is 11.7 Å². The van der Waals surface area contributed by atoms with Gasteiger partial charge < -0.3 is 14.6 Å². The molecule has 1 aromatic rings. The van der Waals surface area contributed by atoms with Gasteiger partial charge in [0.25, 0.3) is 0 Å². The summed E-state index contributed by atoms with van der Waals surface area (Å²) in [6, 6.07) is 0.295. The summed E-state index contributed by atoms with van der Waals surface area (Å²) in [5.74, 6) is 0. The second-order valence-electron chi connectivity index (χ2n) is 6.53. The number of nitrogens with zero attached hydrogens (tertiary/aromatic N) is 2. The molecule has 0 saturated carbocycles. The minimum absolute atomic E-state index is 0.131. The number of imidazole rings is 1. The average Bonchev–Trinajstić information content (AvgIpc) is 2.86. The molecule has 0 fully saturated rings. The first-order chi connectivity index (χ1) is 9.87. The predicted molar refractivity (Wildman–Crippen MR) is 82.0 cm³/mol. The summed E-state index contributed by atoms with van der Waals surface area (Å²) < 4.78 is 7.47. The van der Waals surface area contributed by atoms with Crippen molar-refractivity contribution in [2.75, 3.05) is 0 Å². The van der Waals surface area contributed by atoms with Crippen LogP contribution >= 0.6 is 0 Å². The maximum Gasteiger partial charge on any atom is 0.408 e. The summed E-state index contributed by atoms with van der Waals surface area (Å²) in [7, 11) is 0. The zero-order chi connectivity index (χ0) is 15.5. The normalized spacial score (nSPS) is 20.1. The van der Waals surface area contributed by atoms with Gasteiger partial charge in [-0.3, -0.25) is 0 Å². The van der Waals surface area contributed by atoms with E-state index in [1.54, 1.807) is 0 Å². The summed E-state index contributed by atoms with van der Waals surface area (Å²) in [5.41, 5.74) is 0.527. The van der Waals surface area contributed by atoms with Crippen LogP contribution in [0.25, 0.3) is 0 Å². The molecule has 1 amide bonds. The molecule has 2 atom stereocenters. The molecule has 0 saturated heterocycles. The molecule has 1 aromatic heterocycles. The molecular formula is C16H25N3O2. The maximum absolute atomic E-state index is 11.9. The number of rotatable bonds is 3. The van der Waals surface area contributed by atoms with Crippen LogP contribution in [0.15, 0.2) is 24.7 Å². The highest BCUT2D eigenvalue weighted by molar-refractivity contribution is 5.68. The van der Waals surface area contributed by atoms with Crippen molar-refractivity contribution in [2.24, 2.45) is 0 Å². The molecule has 0 aromatic carbocycles. The van der Waals surface area contributed by atoms with Crippen molar-refractivity contribution in [1.82, 2.24) is 14.9 Å². The largest absolute Gasteiger partial charge is 0.444 e. The van der Waals surface area contributed by atoms with Crippen LogP contribution in [0.1, 0.15) is 64.7 Å². The van der Waals surface area contributed by atoms with Gasteiger partial charge in [0, 0.05) is 6.04 Å². The fourth-order valence-electron chi connectivity index (χ4n) is 2.54. The SMILES string of the molecule is C[C@@H](NC(=O)OC(C)(C)C)c1cncn1C1CC=CCC1. The number of allylic oxidation sites excluding steroid dienone is 2. The number of hydrogen-bond donors (Lipinski definition) is 1. The lowest BCUT2D eigenvalue weighted by molar-refractivity contribution is 0.0505. The van der Waals surface area contributed by atoms with Crippen molar-refractivity contribution in [3.8, 4) is 0 Å². The standard InChI is InChI=1S/C16H25N3O2/c1-12(18-15(20)21-16(2,3)4)14-10-17-11-19(14)13-8-6-5-7-9-13/h5-6,10-13H,7-9H2,1-4H3,(H,18,20)/t12-,13?/m1/s1. The Balaban J connectivity index is 2.03. The number of alkyl carbamates (subject to hydrolysis) is 1. The van der Waals surface area contributed by atoms with Crippen LogP contribution in [0.3, 0.4) is 0 Å². The first-order valence-electron chi connectivity index (χ1n) is 7.53. The van der Waals surface area contributed by atoms with Crippen molar-refractivity contribution < 1.29 is 9.53 Å². The Morgan fingerprint density at radius 3 is 2.86 bits per heavy atom. The molecule has 116 valence electrons.